The molecule has 0 saturated carbocycles. The third-order valence-electron chi connectivity index (χ3n) is 5.95. The van der Waals surface area contributed by atoms with Crippen LogP contribution in [0.5, 0.6) is 0 Å². The molecule has 1 aliphatic rings. The van der Waals surface area contributed by atoms with Crippen LogP contribution in [0.2, 0.25) is 0 Å². The van der Waals surface area contributed by atoms with Crippen LogP contribution in [-0.4, -0.2) is 51.6 Å². The fraction of sp³-hybridized carbons (Fsp3) is 0.357. The van der Waals surface area contributed by atoms with Crippen molar-refractivity contribution < 1.29 is 18.7 Å². The zero-order chi connectivity index (χ0) is 27.3. The van der Waals surface area contributed by atoms with E-state index < -0.39 is 6.09 Å². The van der Waals surface area contributed by atoms with E-state index in [4.69, 9.17) is 4.74 Å². The van der Waals surface area contributed by atoms with Crippen LogP contribution in [0.3, 0.4) is 0 Å². The molecule has 9 nitrogen and oxygen atoms in total. The van der Waals surface area contributed by atoms with E-state index in [-0.39, 0.29) is 23.4 Å². The second-order valence-corrected chi connectivity index (χ2v) is 10.3. The van der Waals surface area contributed by atoms with Crippen LogP contribution in [0.15, 0.2) is 54.7 Å². The first-order valence-corrected chi connectivity index (χ1v) is 12.6. The second kappa shape index (κ2) is 11.5. The molecule has 200 valence electrons. The quantitative estimate of drug-likeness (QED) is 0.392. The first-order chi connectivity index (χ1) is 18.1. The zero-order valence-electron chi connectivity index (χ0n) is 22.0. The van der Waals surface area contributed by atoms with Crippen molar-refractivity contribution in [3.63, 3.8) is 0 Å². The van der Waals surface area contributed by atoms with Gasteiger partial charge in [-0.2, -0.15) is 4.98 Å². The molecule has 2 heterocycles. The van der Waals surface area contributed by atoms with Crippen molar-refractivity contribution in [2.45, 2.75) is 52.2 Å². The number of carbonyl (C=O) groups is 2. The molecule has 1 aliphatic heterocycles. The van der Waals surface area contributed by atoms with Crippen molar-refractivity contribution in [3.05, 3.63) is 71.7 Å². The lowest BCUT2D eigenvalue weighted by Crippen LogP contribution is -2.45. The predicted octanol–water partition coefficient (Wildman–Crippen LogP) is 5.54. The van der Waals surface area contributed by atoms with Crippen molar-refractivity contribution in [1.29, 1.82) is 0 Å². The van der Waals surface area contributed by atoms with Gasteiger partial charge in [-0.3, -0.25) is 4.79 Å². The fourth-order valence-electron chi connectivity index (χ4n) is 4.03. The van der Waals surface area contributed by atoms with Gasteiger partial charge in [0.15, 0.2) is 0 Å². The number of aromatic nitrogens is 2. The fourth-order valence-corrected chi connectivity index (χ4v) is 4.03. The zero-order valence-corrected chi connectivity index (χ0v) is 22.0. The summed E-state index contributed by atoms with van der Waals surface area (Å²) >= 11 is 0. The molecule has 1 fully saturated rings. The van der Waals surface area contributed by atoms with E-state index in [0.29, 0.717) is 48.8 Å². The van der Waals surface area contributed by atoms with Gasteiger partial charge < -0.3 is 25.6 Å². The van der Waals surface area contributed by atoms with Gasteiger partial charge in [-0.15, -0.1) is 0 Å². The number of benzene rings is 2. The summed E-state index contributed by atoms with van der Waals surface area (Å²) < 4.78 is 19.0. The molecule has 2 aromatic carbocycles. The van der Waals surface area contributed by atoms with E-state index in [2.05, 4.69) is 25.9 Å². The highest BCUT2D eigenvalue weighted by Crippen LogP contribution is 2.21. The third-order valence-corrected chi connectivity index (χ3v) is 5.95. The average Bonchev–Trinajstić information content (AvgIpc) is 2.86. The van der Waals surface area contributed by atoms with E-state index in [0.717, 1.165) is 11.4 Å². The smallest absolute Gasteiger partial charge is 0.407 e. The number of piperidine rings is 1. The van der Waals surface area contributed by atoms with Crippen molar-refractivity contribution in [2.24, 2.45) is 0 Å². The number of likely N-dealkylation sites (tertiary alicyclic amines) is 1. The van der Waals surface area contributed by atoms with Gasteiger partial charge in [0, 0.05) is 54.6 Å². The summed E-state index contributed by atoms with van der Waals surface area (Å²) in [5.74, 6) is 0.613. The Morgan fingerprint density at radius 2 is 1.68 bits per heavy atom. The molecule has 0 spiro atoms. The largest absolute Gasteiger partial charge is 0.446 e. The predicted molar refractivity (Wildman–Crippen MR) is 144 cm³/mol. The minimum atomic E-state index is -0.429. The Morgan fingerprint density at radius 3 is 2.34 bits per heavy atom. The summed E-state index contributed by atoms with van der Waals surface area (Å²) in [4.78, 5) is 35.5. The minimum absolute atomic E-state index is 0.0637. The van der Waals surface area contributed by atoms with E-state index in [9.17, 15) is 14.0 Å². The lowest BCUT2D eigenvalue weighted by atomic mass is 10.1. The topological polar surface area (TPSA) is 108 Å². The van der Waals surface area contributed by atoms with E-state index in [1.165, 1.54) is 6.07 Å². The number of nitrogens with zero attached hydrogens (tertiary/aromatic N) is 3. The Labute approximate surface area is 221 Å². The number of ether oxygens (including phenoxy) is 1. The highest BCUT2D eigenvalue weighted by Gasteiger charge is 2.27. The number of nitrogens with one attached hydrogen (secondary N) is 3. The van der Waals surface area contributed by atoms with Crippen molar-refractivity contribution in [1.82, 2.24) is 20.2 Å². The minimum Gasteiger partial charge on any atom is -0.446 e. The van der Waals surface area contributed by atoms with Gasteiger partial charge in [0.05, 0.1) is 0 Å². The summed E-state index contributed by atoms with van der Waals surface area (Å²) in [6, 6.07) is 13.6. The Balaban J connectivity index is 1.30. The van der Waals surface area contributed by atoms with Crippen LogP contribution in [0.4, 0.5) is 32.3 Å². The highest BCUT2D eigenvalue weighted by atomic mass is 19.1. The first kappa shape index (κ1) is 26.8. The number of anilines is 4. The maximum Gasteiger partial charge on any atom is 0.407 e. The molecule has 0 unspecified atom stereocenters. The van der Waals surface area contributed by atoms with Crippen molar-refractivity contribution in [2.75, 3.05) is 23.7 Å². The van der Waals surface area contributed by atoms with Crippen LogP contribution in [0, 0.1) is 12.7 Å². The molecule has 3 N–H and O–H groups in total. The molecule has 0 radical (unpaired) electrons. The monoisotopic (exact) mass is 520 g/mol. The molecule has 1 saturated heterocycles. The molecule has 0 aliphatic carbocycles. The molecule has 10 heteroatoms. The lowest BCUT2D eigenvalue weighted by molar-refractivity contribution is 0.0404. The van der Waals surface area contributed by atoms with Gasteiger partial charge in [-0.1, -0.05) is 0 Å². The number of amides is 2. The SMILES string of the molecule is Cc1cc(Nc2ccnc(Nc3ccc(C(=O)N4CCC(OC(=O)NC(C)(C)C)CC4)cc3)n2)ccc1F. The summed E-state index contributed by atoms with van der Waals surface area (Å²) in [6.45, 7) is 8.44. The normalized spacial score (nSPS) is 14.1. The molecule has 4 rings (SSSR count). The molecular weight excluding hydrogens is 487 g/mol. The molecule has 1 aromatic heterocycles. The molecule has 3 aromatic rings. The summed E-state index contributed by atoms with van der Waals surface area (Å²) in [5.41, 5.74) is 2.21. The van der Waals surface area contributed by atoms with Gasteiger partial charge in [0.25, 0.3) is 5.91 Å². The second-order valence-electron chi connectivity index (χ2n) is 10.3. The average molecular weight is 521 g/mol. The standard InChI is InChI=1S/C28H33FN6O3/c1-18-17-21(9-10-23(18)29)31-24-11-14-30-26(33-24)32-20-7-5-19(6-8-20)25(36)35-15-12-22(13-16-35)38-27(37)34-28(2,3)4/h5-11,14,17,22H,12-13,15-16H2,1-4H3,(H,34,37)(H2,30,31,32,33). The van der Waals surface area contributed by atoms with Gasteiger partial charge in [-0.25, -0.2) is 14.2 Å². The number of hydrogen-bond donors (Lipinski definition) is 3. The Morgan fingerprint density at radius 1 is 1.00 bits per heavy atom. The number of hydrogen-bond acceptors (Lipinski definition) is 7. The van der Waals surface area contributed by atoms with Gasteiger partial charge >= 0.3 is 6.09 Å². The van der Waals surface area contributed by atoms with Crippen LogP contribution in [0.25, 0.3) is 0 Å². The molecule has 2 amide bonds. The van der Waals surface area contributed by atoms with Gasteiger partial charge in [0.1, 0.15) is 17.7 Å². The molecule has 38 heavy (non-hydrogen) atoms. The summed E-state index contributed by atoms with van der Waals surface area (Å²) in [7, 11) is 0. The van der Waals surface area contributed by atoms with E-state index in [1.54, 1.807) is 60.5 Å². The maximum atomic E-state index is 13.5. The first-order valence-electron chi connectivity index (χ1n) is 12.6. The molecule has 0 bridgehead atoms. The van der Waals surface area contributed by atoms with Gasteiger partial charge in [0.2, 0.25) is 5.95 Å². The van der Waals surface area contributed by atoms with Crippen molar-refractivity contribution >= 4 is 35.1 Å². The van der Waals surface area contributed by atoms with Crippen LogP contribution in [-0.2, 0) is 4.74 Å². The van der Waals surface area contributed by atoms with Crippen LogP contribution < -0.4 is 16.0 Å². The molecular formula is C28H33FN6O3. The summed E-state index contributed by atoms with van der Waals surface area (Å²) in [5, 5.41) is 9.07. The van der Waals surface area contributed by atoms with Crippen LogP contribution >= 0.6 is 0 Å². The number of rotatable bonds is 6. The Kier molecular flexibility index (Phi) is 8.09. The van der Waals surface area contributed by atoms with Crippen LogP contribution in [0.1, 0.15) is 49.5 Å². The third kappa shape index (κ3) is 7.41. The van der Waals surface area contributed by atoms with Gasteiger partial charge in [-0.05, 0) is 81.8 Å². The maximum absolute atomic E-state index is 13.5. The molecule has 0 atom stereocenters. The van der Waals surface area contributed by atoms with Crippen molar-refractivity contribution in [3.8, 4) is 0 Å². The Hall–Kier alpha value is -4.21. The Bertz CT molecular complexity index is 1280. The number of alkyl carbamates (subject to hydrolysis) is 1. The number of halogens is 1. The highest BCUT2D eigenvalue weighted by molar-refractivity contribution is 5.94. The number of carbonyl (C=O) groups excluding carboxylic acids is 2. The van der Waals surface area contributed by atoms with E-state index >= 15 is 0 Å². The van der Waals surface area contributed by atoms with E-state index in [1.807, 2.05) is 20.8 Å². The lowest BCUT2D eigenvalue weighted by Gasteiger charge is -2.32. The summed E-state index contributed by atoms with van der Waals surface area (Å²) in [6.07, 6.45) is 2.18. The number of aryl methyl sites for hydroxylation is 1.